The number of hydrogen-bond acceptors (Lipinski definition) is 3. The van der Waals surface area contributed by atoms with Crippen LogP contribution in [0.15, 0.2) is 36.5 Å². The van der Waals surface area contributed by atoms with E-state index in [1.807, 2.05) is 48.3 Å². The topological polar surface area (TPSA) is 59.0 Å². The zero-order chi connectivity index (χ0) is 15.1. The first-order valence-corrected chi connectivity index (χ1v) is 7.21. The highest BCUT2D eigenvalue weighted by Crippen LogP contribution is 2.06. The maximum absolute atomic E-state index is 11.8. The summed E-state index contributed by atoms with van der Waals surface area (Å²) in [5, 5.41) is 10.4. The monoisotopic (exact) mass is 286 g/mol. The molecule has 2 rings (SSSR count). The maximum atomic E-state index is 11.8. The van der Waals surface area contributed by atoms with Gasteiger partial charge in [0, 0.05) is 31.9 Å². The van der Waals surface area contributed by atoms with E-state index in [2.05, 4.69) is 22.7 Å². The zero-order valence-electron chi connectivity index (χ0n) is 12.6. The van der Waals surface area contributed by atoms with Gasteiger partial charge in [0.2, 0.25) is 5.91 Å². The molecule has 0 aliphatic heterocycles. The fourth-order valence-corrected chi connectivity index (χ4v) is 2.20. The van der Waals surface area contributed by atoms with Crippen molar-refractivity contribution in [3.05, 3.63) is 53.3 Å². The van der Waals surface area contributed by atoms with Gasteiger partial charge < -0.3 is 10.6 Å². The molecule has 0 saturated carbocycles. The van der Waals surface area contributed by atoms with Crippen LogP contribution in [0.25, 0.3) is 0 Å². The van der Waals surface area contributed by atoms with Crippen LogP contribution in [0.4, 0.5) is 0 Å². The Bertz CT molecular complexity index is 577. The number of nitrogens with zero attached hydrogens (tertiary/aromatic N) is 2. The molecule has 1 aromatic heterocycles. The summed E-state index contributed by atoms with van der Waals surface area (Å²) in [5.41, 5.74) is 3.33. The first-order valence-electron chi connectivity index (χ1n) is 7.21. The Morgan fingerprint density at radius 1 is 1.24 bits per heavy atom. The quantitative estimate of drug-likeness (QED) is 0.808. The largest absolute Gasteiger partial charge is 0.351 e. The van der Waals surface area contributed by atoms with Crippen molar-refractivity contribution in [2.75, 3.05) is 6.54 Å². The minimum absolute atomic E-state index is 0.000733. The minimum Gasteiger partial charge on any atom is -0.351 e. The van der Waals surface area contributed by atoms with Gasteiger partial charge in [0.15, 0.2) is 0 Å². The minimum atomic E-state index is 0.000733. The second-order valence-electron chi connectivity index (χ2n) is 4.99. The number of rotatable bonds is 7. The van der Waals surface area contributed by atoms with Crippen molar-refractivity contribution in [3.63, 3.8) is 0 Å². The Morgan fingerprint density at radius 3 is 2.71 bits per heavy atom. The van der Waals surface area contributed by atoms with Crippen molar-refractivity contribution in [3.8, 4) is 0 Å². The van der Waals surface area contributed by atoms with Crippen LogP contribution in [-0.4, -0.2) is 22.2 Å². The first-order chi connectivity index (χ1) is 10.2. The van der Waals surface area contributed by atoms with Gasteiger partial charge in [-0.15, -0.1) is 0 Å². The summed E-state index contributed by atoms with van der Waals surface area (Å²) < 4.78 is 1.81. The summed E-state index contributed by atoms with van der Waals surface area (Å²) in [4.78, 5) is 11.8. The third-order valence-electron chi connectivity index (χ3n) is 3.26. The number of benzene rings is 1. The lowest BCUT2D eigenvalue weighted by molar-refractivity contribution is -0.120. The Balaban J connectivity index is 1.72. The second-order valence-corrected chi connectivity index (χ2v) is 4.99. The van der Waals surface area contributed by atoms with E-state index in [-0.39, 0.29) is 5.91 Å². The molecule has 0 saturated heterocycles. The molecular weight excluding hydrogens is 264 g/mol. The Hall–Kier alpha value is -2.14. The van der Waals surface area contributed by atoms with E-state index in [9.17, 15) is 4.79 Å². The molecule has 0 atom stereocenters. The highest BCUT2D eigenvalue weighted by Gasteiger charge is 2.06. The zero-order valence-corrected chi connectivity index (χ0v) is 12.6. The average molecular weight is 286 g/mol. The molecule has 1 heterocycles. The van der Waals surface area contributed by atoms with E-state index in [4.69, 9.17) is 0 Å². The van der Waals surface area contributed by atoms with Gasteiger partial charge in [-0.05, 0) is 12.0 Å². The Morgan fingerprint density at radius 2 is 2.00 bits per heavy atom. The standard InChI is InChI=1S/C16H22N4O/c1-3-15-14(12-20(2)19-15)10-17-11-16(21)18-9-13-7-5-4-6-8-13/h4-8,12,17H,3,9-11H2,1-2H3,(H,18,21). The molecule has 2 aromatic rings. The van der Waals surface area contributed by atoms with Crippen LogP contribution < -0.4 is 10.6 Å². The number of carbonyl (C=O) groups is 1. The van der Waals surface area contributed by atoms with Gasteiger partial charge in [0.1, 0.15) is 0 Å². The summed E-state index contributed by atoms with van der Waals surface area (Å²) in [7, 11) is 1.91. The number of aryl methyl sites for hydroxylation is 2. The van der Waals surface area contributed by atoms with Gasteiger partial charge in [-0.3, -0.25) is 9.48 Å². The van der Waals surface area contributed by atoms with Crippen LogP contribution in [0, 0.1) is 0 Å². The third-order valence-corrected chi connectivity index (χ3v) is 3.26. The predicted molar refractivity (Wildman–Crippen MR) is 82.6 cm³/mol. The van der Waals surface area contributed by atoms with Crippen molar-refractivity contribution in [1.82, 2.24) is 20.4 Å². The van der Waals surface area contributed by atoms with Crippen molar-refractivity contribution in [2.45, 2.75) is 26.4 Å². The highest BCUT2D eigenvalue weighted by atomic mass is 16.1. The van der Waals surface area contributed by atoms with Gasteiger partial charge >= 0.3 is 0 Å². The van der Waals surface area contributed by atoms with Crippen molar-refractivity contribution >= 4 is 5.91 Å². The summed E-state index contributed by atoms with van der Waals surface area (Å²) in [6, 6.07) is 9.89. The number of nitrogens with one attached hydrogen (secondary N) is 2. The SMILES string of the molecule is CCc1nn(C)cc1CNCC(=O)NCc1ccccc1. The molecule has 0 spiro atoms. The van der Waals surface area contributed by atoms with Gasteiger partial charge in [-0.2, -0.15) is 5.10 Å². The van der Waals surface area contributed by atoms with Gasteiger partial charge in [0.25, 0.3) is 0 Å². The Labute approximate surface area is 125 Å². The summed E-state index contributed by atoms with van der Waals surface area (Å²) >= 11 is 0. The number of aromatic nitrogens is 2. The van der Waals surface area contributed by atoms with Crippen LogP contribution in [0.1, 0.15) is 23.7 Å². The van der Waals surface area contributed by atoms with Crippen LogP contribution in [0.3, 0.4) is 0 Å². The van der Waals surface area contributed by atoms with Crippen molar-refractivity contribution < 1.29 is 4.79 Å². The molecule has 112 valence electrons. The fraction of sp³-hybridized carbons (Fsp3) is 0.375. The average Bonchev–Trinajstić information content (AvgIpc) is 2.86. The van der Waals surface area contributed by atoms with E-state index in [0.717, 1.165) is 23.2 Å². The number of carbonyl (C=O) groups excluding carboxylic acids is 1. The van der Waals surface area contributed by atoms with Crippen LogP contribution in [-0.2, 0) is 31.4 Å². The van der Waals surface area contributed by atoms with E-state index >= 15 is 0 Å². The summed E-state index contributed by atoms with van der Waals surface area (Å²) in [5.74, 6) is 0.000733. The van der Waals surface area contributed by atoms with Gasteiger partial charge in [-0.25, -0.2) is 0 Å². The smallest absolute Gasteiger partial charge is 0.234 e. The number of amides is 1. The summed E-state index contributed by atoms with van der Waals surface area (Å²) in [6.45, 7) is 3.62. The molecule has 1 amide bonds. The van der Waals surface area contributed by atoms with E-state index in [1.54, 1.807) is 0 Å². The molecule has 5 heteroatoms. The molecule has 0 unspecified atom stereocenters. The predicted octanol–water partition coefficient (Wildman–Crippen LogP) is 1.39. The van der Waals surface area contributed by atoms with Gasteiger partial charge in [-0.1, -0.05) is 37.3 Å². The normalized spacial score (nSPS) is 10.6. The molecule has 5 nitrogen and oxygen atoms in total. The lowest BCUT2D eigenvalue weighted by Gasteiger charge is -2.06. The lowest BCUT2D eigenvalue weighted by atomic mass is 10.2. The Kier molecular flexibility index (Phi) is 5.51. The fourth-order valence-electron chi connectivity index (χ4n) is 2.20. The van der Waals surface area contributed by atoms with Crippen molar-refractivity contribution in [1.29, 1.82) is 0 Å². The van der Waals surface area contributed by atoms with Crippen LogP contribution in [0.5, 0.6) is 0 Å². The van der Waals surface area contributed by atoms with Crippen molar-refractivity contribution in [2.24, 2.45) is 7.05 Å². The molecule has 0 radical (unpaired) electrons. The molecule has 0 bridgehead atoms. The molecule has 0 aliphatic rings. The molecule has 21 heavy (non-hydrogen) atoms. The summed E-state index contributed by atoms with van der Waals surface area (Å²) in [6.07, 6.45) is 2.89. The molecule has 0 aliphatic carbocycles. The van der Waals surface area contributed by atoms with Crippen LogP contribution >= 0.6 is 0 Å². The number of hydrogen-bond donors (Lipinski definition) is 2. The molecule has 2 N–H and O–H groups in total. The molecule has 1 aromatic carbocycles. The first kappa shape index (κ1) is 15.3. The van der Waals surface area contributed by atoms with E-state index < -0.39 is 0 Å². The van der Waals surface area contributed by atoms with E-state index in [1.165, 1.54) is 0 Å². The van der Waals surface area contributed by atoms with Gasteiger partial charge in [0.05, 0.1) is 12.2 Å². The second kappa shape index (κ2) is 7.59. The highest BCUT2D eigenvalue weighted by molar-refractivity contribution is 5.77. The lowest BCUT2D eigenvalue weighted by Crippen LogP contribution is -2.33. The molecular formula is C16H22N4O. The molecule has 0 fully saturated rings. The maximum Gasteiger partial charge on any atom is 0.234 e. The van der Waals surface area contributed by atoms with E-state index in [0.29, 0.717) is 19.6 Å². The van der Waals surface area contributed by atoms with Crippen LogP contribution in [0.2, 0.25) is 0 Å². The third kappa shape index (κ3) is 4.72.